The summed E-state index contributed by atoms with van der Waals surface area (Å²) in [6.07, 6.45) is 0.243. The van der Waals surface area contributed by atoms with Gasteiger partial charge in [0.2, 0.25) is 0 Å². The lowest BCUT2D eigenvalue weighted by Gasteiger charge is -2.18. The molecule has 0 bridgehead atoms. The Kier molecular flexibility index (Phi) is 5.69. The molecule has 0 amide bonds. The number of ether oxygens (including phenoxy) is 2. The highest BCUT2D eigenvalue weighted by Crippen LogP contribution is 2.33. The third-order valence-electron chi connectivity index (χ3n) is 3.59. The molecule has 2 rings (SSSR count). The van der Waals surface area contributed by atoms with Gasteiger partial charge in [-0.25, -0.2) is 0 Å². The smallest absolute Gasteiger partial charge is 0.161 e. The zero-order valence-corrected chi connectivity index (χ0v) is 13.8. The summed E-state index contributed by atoms with van der Waals surface area (Å²) in [5, 5.41) is 11.2. The highest BCUT2D eigenvalue weighted by molar-refractivity contribution is 6.30. The number of rotatable bonds is 6. The van der Waals surface area contributed by atoms with Crippen molar-refractivity contribution in [1.29, 1.82) is 0 Å². The number of methoxy groups -OCH3 is 1. The van der Waals surface area contributed by atoms with Gasteiger partial charge in [0, 0.05) is 5.02 Å². The minimum atomic E-state index is -0.734. The van der Waals surface area contributed by atoms with Gasteiger partial charge in [-0.05, 0) is 48.7 Å². The minimum absolute atomic E-state index is 0.0804. The number of benzene rings is 2. The molecule has 1 N–H and O–H groups in total. The van der Waals surface area contributed by atoms with E-state index in [0.717, 1.165) is 17.5 Å². The normalized spacial score (nSPS) is 13.5. The molecule has 2 aromatic rings. The van der Waals surface area contributed by atoms with Crippen molar-refractivity contribution in [3.05, 3.63) is 58.6 Å². The second-order valence-electron chi connectivity index (χ2n) is 5.20. The van der Waals surface area contributed by atoms with E-state index in [1.807, 2.05) is 37.3 Å². The molecule has 0 fully saturated rings. The van der Waals surface area contributed by atoms with Gasteiger partial charge >= 0.3 is 0 Å². The number of aliphatic hydroxyl groups excluding tert-OH is 1. The quantitative estimate of drug-likeness (QED) is 0.845. The topological polar surface area (TPSA) is 38.7 Å². The van der Waals surface area contributed by atoms with E-state index in [9.17, 15) is 5.11 Å². The molecular formula is C18H21ClO3. The van der Waals surface area contributed by atoms with Gasteiger partial charge in [-0.1, -0.05) is 36.7 Å². The molecule has 22 heavy (non-hydrogen) atoms. The predicted molar refractivity (Wildman–Crippen MR) is 88.9 cm³/mol. The summed E-state index contributed by atoms with van der Waals surface area (Å²) in [5.74, 6) is 1.30. The van der Waals surface area contributed by atoms with Crippen LogP contribution in [0.4, 0.5) is 0 Å². The van der Waals surface area contributed by atoms with Crippen molar-refractivity contribution < 1.29 is 14.6 Å². The van der Waals surface area contributed by atoms with Gasteiger partial charge in [-0.15, -0.1) is 0 Å². The van der Waals surface area contributed by atoms with E-state index < -0.39 is 6.10 Å². The molecule has 0 aliphatic heterocycles. The molecule has 2 aromatic carbocycles. The van der Waals surface area contributed by atoms with Crippen LogP contribution in [-0.2, 0) is 0 Å². The van der Waals surface area contributed by atoms with E-state index in [0.29, 0.717) is 16.5 Å². The molecule has 0 aliphatic carbocycles. The first-order chi connectivity index (χ1) is 10.5. The molecule has 0 radical (unpaired) electrons. The van der Waals surface area contributed by atoms with E-state index >= 15 is 0 Å². The van der Waals surface area contributed by atoms with Crippen LogP contribution in [0.25, 0.3) is 0 Å². The third kappa shape index (κ3) is 3.93. The van der Waals surface area contributed by atoms with E-state index in [1.54, 1.807) is 19.2 Å². The second kappa shape index (κ2) is 7.52. The first-order valence-corrected chi connectivity index (χ1v) is 7.71. The van der Waals surface area contributed by atoms with Crippen molar-refractivity contribution >= 4 is 11.6 Å². The molecule has 118 valence electrons. The zero-order chi connectivity index (χ0) is 16.1. The minimum Gasteiger partial charge on any atom is -0.493 e. The molecule has 4 heteroatoms. The largest absolute Gasteiger partial charge is 0.493 e. The lowest BCUT2D eigenvalue weighted by Crippen LogP contribution is -2.11. The van der Waals surface area contributed by atoms with E-state index in [-0.39, 0.29) is 6.10 Å². The Morgan fingerprint density at radius 2 is 1.68 bits per heavy atom. The molecule has 1 unspecified atom stereocenters. The molecule has 0 saturated heterocycles. The van der Waals surface area contributed by atoms with Crippen LogP contribution in [0.15, 0.2) is 42.5 Å². The van der Waals surface area contributed by atoms with Crippen molar-refractivity contribution in [3.8, 4) is 11.5 Å². The van der Waals surface area contributed by atoms with Crippen molar-refractivity contribution in [2.45, 2.75) is 32.5 Å². The molecule has 0 spiro atoms. The standard InChI is InChI=1S/C18H21ClO3/c1-4-12(2)22-17-11-14(7-10-16(17)21-3)18(20)13-5-8-15(19)9-6-13/h5-12,18,20H,4H2,1-3H3/t12-,18?/m1/s1. The Labute approximate surface area is 136 Å². The average Bonchev–Trinajstić information content (AvgIpc) is 2.54. The number of aliphatic hydroxyl groups is 1. The van der Waals surface area contributed by atoms with Crippen LogP contribution in [0.3, 0.4) is 0 Å². The fourth-order valence-corrected chi connectivity index (χ4v) is 2.22. The Hall–Kier alpha value is -1.71. The number of halogens is 1. The van der Waals surface area contributed by atoms with E-state index in [1.165, 1.54) is 0 Å². The van der Waals surface area contributed by atoms with E-state index in [2.05, 4.69) is 6.92 Å². The maximum Gasteiger partial charge on any atom is 0.161 e. The highest BCUT2D eigenvalue weighted by Gasteiger charge is 2.15. The zero-order valence-electron chi connectivity index (χ0n) is 13.0. The van der Waals surface area contributed by atoms with Crippen LogP contribution in [0.2, 0.25) is 5.02 Å². The molecule has 0 saturated carbocycles. The van der Waals surface area contributed by atoms with Crippen molar-refractivity contribution in [2.24, 2.45) is 0 Å². The molecule has 0 heterocycles. The van der Waals surface area contributed by atoms with Crippen molar-refractivity contribution in [2.75, 3.05) is 7.11 Å². The fourth-order valence-electron chi connectivity index (χ4n) is 2.09. The lowest BCUT2D eigenvalue weighted by molar-refractivity contribution is 0.202. The summed E-state index contributed by atoms with van der Waals surface area (Å²) in [7, 11) is 1.61. The Morgan fingerprint density at radius 3 is 2.27 bits per heavy atom. The summed E-state index contributed by atoms with van der Waals surface area (Å²) >= 11 is 5.88. The van der Waals surface area contributed by atoms with Gasteiger partial charge in [-0.3, -0.25) is 0 Å². The maximum absolute atomic E-state index is 10.5. The first kappa shape index (κ1) is 16.7. The van der Waals surface area contributed by atoms with Crippen LogP contribution in [-0.4, -0.2) is 18.3 Å². The van der Waals surface area contributed by atoms with Crippen LogP contribution >= 0.6 is 11.6 Å². The SMILES string of the molecule is CC[C@@H](C)Oc1cc(C(O)c2ccc(Cl)cc2)ccc1OC. The maximum atomic E-state index is 10.5. The van der Waals surface area contributed by atoms with Crippen LogP contribution in [0, 0.1) is 0 Å². The Bertz CT molecular complexity index is 610. The van der Waals surface area contributed by atoms with Crippen LogP contribution in [0.1, 0.15) is 37.5 Å². The monoisotopic (exact) mass is 320 g/mol. The molecular weight excluding hydrogens is 300 g/mol. The predicted octanol–water partition coefficient (Wildman–Crippen LogP) is 4.61. The van der Waals surface area contributed by atoms with Crippen LogP contribution in [0.5, 0.6) is 11.5 Å². The van der Waals surface area contributed by atoms with E-state index in [4.69, 9.17) is 21.1 Å². The molecule has 0 aliphatic rings. The number of hydrogen-bond acceptors (Lipinski definition) is 3. The van der Waals surface area contributed by atoms with Gasteiger partial charge in [0.1, 0.15) is 6.10 Å². The molecule has 2 atom stereocenters. The van der Waals surface area contributed by atoms with Gasteiger partial charge < -0.3 is 14.6 Å². The fraction of sp³-hybridized carbons (Fsp3) is 0.333. The van der Waals surface area contributed by atoms with Crippen molar-refractivity contribution in [1.82, 2.24) is 0 Å². The first-order valence-electron chi connectivity index (χ1n) is 7.33. The summed E-state index contributed by atoms with van der Waals surface area (Å²) in [5.41, 5.74) is 1.53. The summed E-state index contributed by atoms with van der Waals surface area (Å²) in [6.45, 7) is 4.06. The Morgan fingerprint density at radius 1 is 1.05 bits per heavy atom. The highest BCUT2D eigenvalue weighted by atomic mass is 35.5. The lowest BCUT2D eigenvalue weighted by atomic mass is 10.0. The summed E-state index contributed by atoms with van der Waals surface area (Å²) in [6, 6.07) is 12.6. The van der Waals surface area contributed by atoms with Gasteiger partial charge in [0.15, 0.2) is 11.5 Å². The van der Waals surface area contributed by atoms with Crippen LogP contribution < -0.4 is 9.47 Å². The third-order valence-corrected chi connectivity index (χ3v) is 3.84. The summed E-state index contributed by atoms with van der Waals surface area (Å²) in [4.78, 5) is 0. The average molecular weight is 321 g/mol. The van der Waals surface area contributed by atoms with Gasteiger partial charge in [0.05, 0.1) is 13.2 Å². The number of hydrogen-bond donors (Lipinski definition) is 1. The van der Waals surface area contributed by atoms with Gasteiger partial charge in [-0.2, -0.15) is 0 Å². The van der Waals surface area contributed by atoms with Crippen molar-refractivity contribution in [3.63, 3.8) is 0 Å². The Balaban J connectivity index is 2.30. The summed E-state index contributed by atoms with van der Waals surface area (Å²) < 4.78 is 11.2. The molecule has 3 nitrogen and oxygen atoms in total. The van der Waals surface area contributed by atoms with Gasteiger partial charge in [0.25, 0.3) is 0 Å². The molecule has 0 aromatic heterocycles. The second-order valence-corrected chi connectivity index (χ2v) is 5.64.